The van der Waals surface area contributed by atoms with Gasteiger partial charge in [0.05, 0.1) is 28.8 Å². The molecule has 0 N–H and O–H groups in total. The fraction of sp³-hybridized carbons (Fsp3) is 0.269. The number of hydrogen-bond donors (Lipinski definition) is 0. The molecule has 0 unspecified atom stereocenters. The Morgan fingerprint density at radius 3 is 2.54 bits per heavy atom. The van der Waals surface area contributed by atoms with E-state index in [9.17, 15) is 26.0 Å². The predicted octanol–water partition coefficient (Wildman–Crippen LogP) is 6.54. The van der Waals surface area contributed by atoms with Crippen LogP contribution in [-0.4, -0.2) is 21.1 Å². The lowest BCUT2D eigenvalue weighted by molar-refractivity contribution is -0.137. The molecule has 37 heavy (non-hydrogen) atoms. The van der Waals surface area contributed by atoms with Crippen molar-refractivity contribution in [1.29, 1.82) is 5.26 Å². The van der Waals surface area contributed by atoms with Gasteiger partial charge in [-0.3, -0.25) is 4.31 Å². The van der Waals surface area contributed by atoms with Gasteiger partial charge >= 0.3 is 6.18 Å². The summed E-state index contributed by atoms with van der Waals surface area (Å²) in [5.74, 6) is -0.236. The summed E-state index contributed by atoms with van der Waals surface area (Å²) in [6.07, 6.45) is -4.47. The molecule has 5 nitrogen and oxygen atoms in total. The molecule has 0 radical (unpaired) electrons. The molecular formula is C26H21ClF4N2O3S. The second kappa shape index (κ2) is 10.6. The molecule has 0 aromatic heterocycles. The minimum atomic E-state index is -4.72. The zero-order valence-corrected chi connectivity index (χ0v) is 20.9. The molecule has 1 heterocycles. The van der Waals surface area contributed by atoms with Gasteiger partial charge in [-0.25, -0.2) is 12.8 Å². The first-order chi connectivity index (χ1) is 17.5. The Morgan fingerprint density at radius 2 is 1.84 bits per heavy atom. The van der Waals surface area contributed by atoms with Crippen LogP contribution in [0.5, 0.6) is 5.75 Å². The number of fused-ring (bicyclic) bond motifs is 1. The minimum Gasteiger partial charge on any atom is -0.486 e. The lowest BCUT2D eigenvalue weighted by Gasteiger charge is -2.35. The summed E-state index contributed by atoms with van der Waals surface area (Å²) in [6, 6.07) is 14.7. The van der Waals surface area contributed by atoms with Crippen LogP contribution in [-0.2, 0) is 29.0 Å². The van der Waals surface area contributed by atoms with Crippen LogP contribution in [0.25, 0.3) is 0 Å². The Kier molecular flexibility index (Phi) is 7.67. The summed E-state index contributed by atoms with van der Waals surface area (Å²) in [7, 11) is -4.42. The van der Waals surface area contributed by atoms with Crippen molar-refractivity contribution in [2.24, 2.45) is 0 Å². The maximum Gasteiger partial charge on any atom is 0.416 e. The number of nitriles is 1. The monoisotopic (exact) mass is 552 g/mol. The Balaban J connectivity index is 1.71. The smallest absolute Gasteiger partial charge is 0.416 e. The van der Waals surface area contributed by atoms with Crippen LogP contribution in [0.2, 0.25) is 5.02 Å². The second-order valence-corrected chi connectivity index (χ2v) is 10.8. The average Bonchev–Trinajstić information content (AvgIpc) is 2.86. The number of anilines is 1. The van der Waals surface area contributed by atoms with Gasteiger partial charge in [-0.15, -0.1) is 0 Å². The van der Waals surface area contributed by atoms with Crippen molar-refractivity contribution in [3.63, 3.8) is 0 Å². The molecule has 11 heteroatoms. The summed E-state index contributed by atoms with van der Waals surface area (Å²) in [5, 5.41) is 9.22. The van der Waals surface area contributed by atoms with Crippen LogP contribution in [0.1, 0.15) is 29.5 Å². The Bertz CT molecular complexity index is 1430. The number of nitrogens with zero attached hydrogens (tertiary/aromatic N) is 2. The Morgan fingerprint density at radius 1 is 1.08 bits per heavy atom. The van der Waals surface area contributed by atoms with Gasteiger partial charge in [-0.1, -0.05) is 29.8 Å². The zero-order valence-electron chi connectivity index (χ0n) is 19.3. The molecule has 3 aromatic carbocycles. The van der Waals surface area contributed by atoms with E-state index >= 15 is 0 Å². The number of aryl methyl sites for hydroxylation is 1. The van der Waals surface area contributed by atoms with Crippen LogP contribution in [0.15, 0.2) is 65.6 Å². The standard InChI is InChI=1S/C26H21ClF4N2O3S/c27-22-7-2-8-23(28)21(22)11-9-17-10-12-25-24(14-17)33(16-19(36-25)5-3-13-32)37(34,35)20-6-1-4-18(15-20)26(29,30)31/h1-2,4,6-8,10,12,14-15,19H,3,5,9,11,16H2/t19-/m0/s1. The zero-order chi connectivity index (χ0) is 26.8. The Hall–Kier alpha value is -3.29. The van der Waals surface area contributed by atoms with Crippen molar-refractivity contribution >= 4 is 27.3 Å². The number of hydrogen-bond acceptors (Lipinski definition) is 4. The molecule has 0 amide bonds. The van der Waals surface area contributed by atoms with Gasteiger partial charge in [-0.05, 0) is 67.3 Å². The van der Waals surface area contributed by atoms with Crippen LogP contribution in [0, 0.1) is 17.1 Å². The van der Waals surface area contributed by atoms with Crippen molar-refractivity contribution in [2.45, 2.75) is 42.9 Å². The van der Waals surface area contributed by atoms with E-state index in [1.165, 1.54) is 12.1 Å². The second-order valence-electron chi connectivity index (χ2n) is 8.50. The van der Waals surface area contributed by atoms with Gasteiger partial charge in [-0.2, -0.15) is 18.4 Å². The van der Waals surface area contributed by atoms with E-state index in [0.717, 1.165) is 22.5 Å². The maximum absolute atomic E-state index is 14.2. The van der Waals surface area contributed by atoms with E-state index in [2.05, 4.69) is 0 Å². The van der Waals surface area contributed by atoms with E-state index in [1.807, 2.05) is 6.07 Å². The number of sulfonamides is 1. The minimum absolute atomic E-state index is 0.110. The predicted molar refractivity (Wildman–Crippen MR) is 130 cm³/mol. The van der Waals surface area contributed by atoms with Gasteiger partial charge in [0.2, 0.25) is 0 Å². The van der Waals surface area contributed by atoms with E-state index in [4.69, 9.17) is 21.6 Å². The largest absolute Gasteiger partial charge is 0.486 e. The van der Waals surface area contributed by atoms with Gasteiger partial charge in [0, 0.05) is 17.0 Å². The summed E-state index contributed by atoms with van der Waals surface area (Å²) < 4.78 is 88.2. The number of benzene rings is 3. The van der Waals surface area contributed by atoms with E-state index in [0.29, 0.717) is 23.6 Å². The molecule has 1 atom stereocenters. The first kappa shape index (κ1) is 26.8. The van der Waals surface area contributed by atoms with Crippen molar-refractivity contribution in [1.82, 2.24) is 0 Å². The van der Waals surface area contributed by atoms with Crippen molar-refractivity contribution < 1.29 is 30.7 Å². The SMILES string of the molecule is N#CCC[C@H]1CN(S(=O)(=O)c2cccc(C(F)(F)F)c2)c2cc(CCc3c(F)cccc3Cl)ccc2O1. The molecule has 194 valence electrons. The third-order valence-corrected chi connectivity index (χ3v) is 8.14. The molecular weight excluding hydrogens is 532 g/mol. The number of ether oxygens (including phenoxy) is 1. The van der Waals surface area contributed by atoms with Gasteiger partial charge in [0.25, 0.3) is 10.0 Å². The van der Waals surface area contributed by atoms with Crippen LogP contribution >= 0.6 is 11.6 Å². The van der Waals surface area contributed by atoms with E-state index in [1.54, 1.807) is 24.3 Å². The quantitative estimate of drug-likeness (QED) is 0.312. The number of halogens is 5. The molecule has 4 rings (SSSR count). The highest BCUT2D eigenvalue weighted by atomic mass is 35.5. The molecule has 0 spiro atoms. The highest BCUT2D eigenvalue weighted by Gasteiger charge is 2.37. The third kappa shape index (κ3) is 5.84. The van der Waals surface area contributed by atoms with Gasteiger partial charge in [0.1, 0.15) is 17.7 Å². The topological polar surface area (TPSA) is 70.4 Å². The number of rotatable bonds is 7. The van der Waals surface area contributed by atoms with Crippen LogP contribution < -0.4 is 9.04 Å². The van der Waals surface area contributed by atoms with E-state index in [-0.39, 0.29) is 42.3 Å². The van der Waals surface area contributed by atoms with Crippen LogP contribution in [0.4, 0.5) is 23.2 Å². The normalized spacial score (nSPS) is 15.6. The van der Waals surface area contributed by atoms with Crippen molar-refractivity contribution in [2.75, 3.05) is 10.8 Å². The molecule has 0 bridgehead atoms. The summed E-state index contributed by atoms with van der Waals surface area (Å²) in [6.45, 7) is -0.185. The lowest BCUT2D eigenvalue weighted by Crippen LogP contribution is -2.43. The highest BCUT2D eigenvalue weighted by molar-refractivity contribution is 7.92. The third-order valence-electron chi connectivity index (χ3n) is 6.01. The summed E-state index contributed by atoms with van der Waals surface area (Å²) >= 11 is 6.11. The molecule has 0 aliphatic carbocycles. The maximum atomic E-state index is 14.2. The molecule has 0 saturated carbocycles. The summed E-state index contributed by atoms with van der Waals surface area (Å²) in [5.41, 5.74) is 0.0471. The van der Waals surface area contributed by atoms with Gasteiger partial charge < -0.3 is 4.74 Å². The average molecular weight is 553 g/mol. The number of alkyl halides is 3. The molecule has 1 aliphatic rings. The van der Waals surface area contributed by atoms with Crippen LogP contribution in [0.3, 0.4) is 0 Å². The van der Waals surface area contributed by atoms with Gasteiger partial charge in [0.15, 0.2) is 0 Å². The molecule has 3 aromatic rings. The fourth-order valence-corrected chi connectivity index (χ4v) is 5.92. The Labute approximate surface area is 216 Å². The lowest BCUT2D eigenvalue weighted by atomic mass is 10.0. The highest BCUT2D eigenvalue weighted by Crippen LogP contribution is 2.40. The molecule has 0 fully saturated rings. The fourth-order valence-electron chi connectivity index (χ4n) is 4.12. The molecule has 1 aliphatic heterocycles. The summed E-state index contributed by atoms with van der Waals surface area (Å²) in [4.78, 5) is -0.516. The van der Waals surface area contributed by atoms with E-state index < -0.39 is 38.6 Å². The first-order valence-electron chi connectivity index (χ1n) is 11.3. The molecule has 0 saturated heterocycles. The first-order valence-corrected chi connectivity index (χ1v) is 13.1. The van der Waals surface area contributed by atoms with Crippen molar-refractivity contribution in [3.8, 4) is 11.8 Å². The van der Waals surface area contributed by atoms with Crippen molar-refractivity contribution in [3.05, 3.63) is 88.2 Å².